The lowest BCUT2D eigenvalue weighted by molar-refractivity contribution is -0.118. The molecule has 5 nitrogen and oxygen atoms in total. The Hall–Kier alpha value is -3.31. The first kappa shape index (κ1) is 20.0. The van der Waals surface area contributed by atoms with Crippen LogP contribution in [0.1, 0.15) is 23.6 Å². The van der Waals surface area contributed by atoms with E-state index in [0.29, 0.717) is 29.6 Å². The zero-order valence-corrected chi connectivity index (χ0v) is 17.3. The Morgan fingerprint density at radius 3 is 2.53 bits per heavy atom. The third-order valence-corrected chi connectivity index (χ3v) is 5.03. The summed E-state index contributed by atoms with van der Waals surface area (Å²) in [6.45, 7) is 2.39. The smallest absolute Gasteiger partial charge is 0.227 e. The van der Waals surface area contributed by atoms with Crippen LogP contribution in [0.5, 0.6) is 0 Å². The highest BCUT2D eigenvalue weighted by Gasteiger charge is 2.18. The van der Waals surface area contributed by atoms with Gasteiger partial charge in [0, 0.05) is 29.1 Å². The van der Waals surface area contributed by atoms with Gasteiger partial charge >= 0.3 is 0 Å². The van der Waals surface area contributed by atoms with E-state index >= 15 is 0 Å². The number of amides is 1. The quantitative estimate of drug-likeness (QED) is 0.364. The number of aromatic nitrogens is 1. The maximum absolute atomic E-state index is 13.0. The first-order chi connectivity index (χ1) is 14.6. The molecule has 0 aliphatic heterocycles. The molecule has 2 aromatic heterocycles. The fourth-order valence-electron chi connectivity index (χ4n) is 3.13. The van der Waals surface area contributed by atoms with E-state index in [0.717, 1.165) is 22.6 Å². The van der Waals surface area contributed by atoms with Gasteiger partial charge in [0.1, 0.15) is 5.76 Å². The normalized spacial score (nSPS) is 10.9. The van der Waals surface area contributed by atoms with Crippen LogP contribution in [0.2, 0.25) is 5.02 Å². The number of carbonyl (C=O) groups excluding carboxylic acids is 1. The fourth-order valence-corrected chi connectivity index (χ4v) is 3.25. The minimum absolute atomic E-state index is 0.0264. The van der Waals surface area contributed by atoms with Gasteiger partial charge in [-0.05, 0) is 55.5 Å². The minimum Gasteiger partial charge on any atom is -0.467 e. The van der Waals surface area contributed by atoms with Crippen LogP contribution in [0, 0.1) is 6.92 Å². The molecule has 0 aliphatic carbocycles. The number of hydrogen-bond donors (Lipinski definition) is 0. The van der Waals surface area contributed by atoms with Crippen LogP contribution < -0.4 is 4.90 Å². The van der Waals surface area contributed by atoms with E-state index in [1.54, 1.807) is 29.5 Å². The molecule has 2 aromatic carbocycles. The number of benzene rings is 2. The standard InChI is InChI=1S/C24H21ClN2O3/c1-17-4-10-20(11-5-17)27(16-21-3-2-14-29-21)24(28)13-12-23-26-15-22(30-23)18-6-8-19(25)9-7-18/h2-11,14-15H,12-13,16H2,1H3. The Bertz CT molecular complexity index is 1100. The van der Waals surface area contributed by atoms with Crippen LogP contribution in [-0.2, 0) is 17.8 Å². The van der Waals surface area contributed by atoms with Crippen molar-refractivity contribution in [3.05, 3.63) is 95.4 Å². The summed E-state index contributed by atoms with van der Waals surface area (Å²) >= 11 is 5.93. The van der Waals surface area contributed by atoms with Crippen molar-refractivity contribution in [3.8, 4) is 11.3 Å². The molecule has 0 radical (unpaired) electrons. The number of aryl methyl sites for hydroxylation is 2. The molecule has 0 spiro atoms. The number of hydrogen-bond acceptors (Lipinski definition) is 4. The molecule has 0 saturated heterocycles. The molecule has 30 heavy (non-hydrogen) atoms. The Kier molecular flexibility index (Phi) is 6.00. The van der Waals surface area contributed by atoms with Crippen molar-refractivity contribution in [1.82, 2.24) is 4.98 Å². The van der Waals surface area contributed by atoms with E-state index < -0.39 is 0 Å². The second kappa shape index (κ2) is 9.01. The first-order valence-corrected chi connectivity index (χ1v) is 10.1. The van der Waals surface area contributed by atoms with Crippen LogP contribution in [0.4, 0.5) is 5.69 Å². The zero-order chi connectivity index (χ0) is 20.9. The summed E-state index contributed by atoms with van der Waals surface area (Å²) < 4.78 is 11.3. The minimum atomic E-state index is -0.0264. The second-order valence-corrected chi connectivity index (χ2v) is 7.46. The van der Waals surface area contributed by atoms with Gasteiger partial charge in [-0.1, -0.05) is 29.3 Å². The lowest BCUT2D eigenvalue weighted by Crippen LogP contribution is -2.30. The van der Waals surface area contributed by atoms with Crippen molar-refractivity contribution in [2.24, 2.45) is 0 Å². The van der Waals surface area contributed by atoms with Gasteiger partial charge in [-0.25, -0.2) is 4.98 Å². The molecule has 0 unspecified atom stereocenters. The predicted molar refractivity (Wildman–Crippen MR) is 116 cm³/mol. The molecule has 4 aromatic rings. The molecule has 4 rings (SSSR count). The molecule has 0 saturated carbocycles. The Balaban J connectivity index is 1.46. The van der Waals surface area contributed by atoms with Crippen LogP contribution in [0.15, 0.2) is 82.0 Å². The zero-order valence-electron chi connectivity index (χ0n) is 16.5. The number of carbonyl (C=O) groups is 1. The van der Waals surface area contributed by atoms with E-state index in [1.807, 2.05) is 55.5 Å². The predicted octanol–water partition coefficient (Wildman–Crippen LogP) is 6.06. The Labute approximate surface area is 179 Å². The van der Waals surface area contributed by atoms with Crippen molar-refractivity contribution < 1.29 is 13.6 Å². The van der Waals surface area contributed by atoms with Crippen molar-refractivity contribution in [2.75, 3.05) is 4.90 Å². The van der Waals surface area contributed by atoms with Gasteiger partial charge in [-0.3, -0.25) is 4.79 Å². The third kappa shape index (κ3) is 4.81. The van der Waals surface area contributed by atoms with Crippen molar-refractivity contribution in [2.45, 2.75) is 26.3 Å². The Morgan fingerprint density at radius 1 is 1.07 bits per heavy atom. The van der Waals surface area contributed by atoms with E-state index in [9.17, 15) is 4.79 Å². The average molecular weight is 421 g/mol. The highest BCUT2D eigenvalue weighted by Crippen LogP contribution is 2.24. The summed E-state index contributed by atoms with van der Waals surface area (Å²) in [5.41, 5.74) is 2.86. The van der Waals surface area contributed by atoms with Gasteiger partial charge in [0.2, 0.25) is 5.91 Å². The maximum atomic E-state index is 13.0. The van der Waals surface area contributed by atoms with Crippen LogP contribution in [0.3, 0.4) is 0 Å². The molecule has 1 amide bonds. The molecule has 152 valence electrons. The molecule has 6 heteroatoms. The molecule has 0 atom stereocenters. The molecular formula is C24H21ClN2O3. The van der Waals surface area contributed by atoms with Crippen molar-refractivity contribution >= 4 is 23.2 Å². The van der Waals surface area contributed by atoms with Crippen molar-refractivity contribution in [1.29, 1.82) is 0 Å². The number of nitrogens with zero attached hydrogens (tertiary/aromatic N) is 2. The number of anilines is 1. The van der Waals surface area contributed by atoms with Gasteiger partial charge in [-0.15, -0.1) is 0 Å². The maximum Gasteiger partial charge on any atom is 0.227 e. The van der Waals surface area contributed by atoms with Gasteiger partial charge < -0.3 is 13.7 Å². The topological polar surface area (TPSA) is 59.5 Å². The Morgan fingerprint density at radius 2 is 1.83 bits per heavy atom. The van der Waals surface area contributed by atoms with Gasteiger partial charge in [0.25, 0.3) is 0 Å². The monoisotopic (exact) mass is 420 g/mol. The third-order valence-electron chi connectivity index (χ3n) is 4.78. The summed E-state index contributed by atoms with van der Waals surface area (Å²) in [7, 11) is 0. The molecule has 0 aliphatic rings. The molecule has 2 heterocycles. The van der Waals surface area contributed by atoms with E-state index in [2.05, 4.69) is 4.98 Å². The fraction of sp³-hybridized carbons (Fsp3) is 0.167. The lowest BCUT2D eigenvalue weighted by atomic mass is 10.2. The average Bonchev–Trinajstić information content (AvgIpc) is 3.44. The number of furan rings is 1. The number of rotatable bonds is 7. The van der Waals surface area contributed by atoms with Crippen LogP contribution >= 0.6 is 11.6 Å². The van der Waals surface area contributed by atoms with E-state index in [4.69, 9.17) is 20.4 Å². The molecule has 0 fully saturated rings. The summed E-state index contributed by atoms with van der Waals surface area (Å²) in [4.78, 5) is 19.1. The summed E-state index contributed by atoms with van der Waals surface area (Å²) in [5, 5.41) is 0.664. The number of oxazole rings is 1. The van der Waals surface area contributed by atoms with Gasteiger partial charge in [-0.2, -0.15) is 0 Å². The summed E-state index contributed by atoms with van der Waals surface area (Å²) in [5.74, 6) is 1.88. The second-order valence-electron chi connectivity index (χ2n) is 7.02. The lowest BCUT2D eigenvalue weighted by Gasteiger charge is -2.22. The van der Waals surface area contributed by atoms with Gasteiger partial charge in [0.15, 0.2) is 11.7 Å². The SMILES string of the molecule is Cc1ccc(N(Cc2ccco2)C(=O)CCc2ncc(-c3ccc(Cl)cc3)o2)cc1. The number of halogens is 1. The first-order valence-electron chi connectivity index (χ1n) is 9.68. The van der Waals surface area contributed by atoms with Crippen LogP contribution in [0.25, 0.3) is 11.3 Å². The van der Waals surface area contributed by atoms with Crippen molar-refractivity contribution in [3.63, 3.8) is 0 Å². The van der Waals surface area contributed by atoms with E-state index in [1.165, 1.54) is 0 Å². The highest BCUT2D eigenvalue weighted by atomic mass is 35.5. The van der Waals surface area contributed by atoms with E-state index in [-0.39, 0.29) is 12.3 Å². The molecular weight excluding hydrogens is 400 g/mol. The highest BCUT2D eigenvalue weighted by molar-refractivity contribution is 6.30. The van der Waals surface area contributed by atoms with Crippen LogP contribution in [-0.4, -0.2) is 10.9 Å². The largest absolute Gasteiger partial charge is 0.467 e. The summed E-state index contributed by atoms with van der Waals surface area (Å²) in [6.07, 6.45) is 3.96. The molecule has 0 N–H and O–H groups in total. The van der Waals surface area contributed by atoms with Gasteiger partial charge in [0.05, 0.1) is 19.0 Å². The summed E-state index contributed by atoms with van der Waals surface area (Å²) in [6, 6.07) is 18.9. The molecule has 0 bridgehead atoms.